The van der Waals surface area contributed by atoms with Gasteiger partial charge in [0.15, 0.2) is 0 Å². The van der Waals surface area contributed by atoms with E-state index in [2.05, 4.69) is 25.6 Å². The van der Waals surface area contributed by atoms with Crippen molar-refractivity contribution in [3.8, 4) is 0 Å². The summed E-state index contributed by atoms with van der Waals surface area (Å²) >= 11 is 3.18. The Bertz CT molecular complexity index is 720. The lowest BCUT2D eigenvalue weighted by Crippen LogP contribution is -2.16. The van der Waals surface area contributed by atoms with Crippen LogP contribution in [0, 0.1) is 5.82 Å². The van der Waals surface area contributed by atoms with E-state index in [0.717, 1.165) is 12.1 Å². The highest BCUT2D eigenvalue weighted by Gasteiger charge is 2.19. The van der Waals surface area contributed by atoms with Crippen LogP contribution in [0.15, 0.2) is 45.9 Å². The van der Waals surface area contributed by atoms with Gasteiger partial charge in [0, 0.05) is 10.7 Å². The smallest absolute Gasteiger partial charge is 0.263 e. The molecule has 5 nitrogen and oxygen atoms in total. The van der Waals surface area contributed by atoms with Crippen molar-refractivity contribution in [2.24, 2.45) is 0 Å². The van der Waals surface area contributed by atoms with Gasteiger partial charge in [-0.05, 0) is 45.8 Å². The summed E-state index contributed by atoms with van der Waals surface area (Å²) in [6.07, 6.45) is 1.43. The van der Waals surface area contributed by atoms with Crippen molar-refractivity contribution in [1.82, 2.24) is 4.98 Å². The topological polar surface area (TPSA) is 79.3 Å². The average molecular weight is 361 g/mol. The third-order valence-corrected chi connectivity index (χ3v) is 4.36. The molecule has 2 aromatic rings. The van der Waals surface area contributed by atoms with Gasteiger partial charge in [0.25, 0.3) is 10.0 Å². The summed E-state index contributed by atoms with van der Waals surface area (Å²) in [6.45, 7) is -0.510. The molecule has 0 bridgehead atoms. The van der Waals surface area contributed by atoms with Gasteiger partial charge in [-0.3, -0.25) is 4.72 Å². The van der Waals surface area contributed by atoms with Crippen LogP contribution in [0.1, 0.15) is 5.56 Å². The molecule has 0 amide bonds. The van der Waals surface area contributed by atoms with Crippen LogP contribution in [0.3, 0.4) is 0 Å². The average Bonchev–Trinajstić information content (AvgIpc) is 2.41. The van der Waals surface area contributed by atoms with E-state index >= 15 is 0 Å². The number of hydrogen-bond donors (Lipinski definition) is 2. The maximum atomic E-state index is 13.2. The predicted octanol–water partition coefficient (Wildman–Crippen LogP) is 2.28. The molecule has 0 aliphatic rings. The van der Waals surface area contributed by atoms with Crippen molar-refractivity contribution in [3.63, 3.8) is 0 Å². The molecule has 106 valence electrons. The first kappa shape index (κ1) is 14.9. The first-order chi connectivity index (χ1) is 9.42. The zero-order valence-electron chi connectivity index (χ0n) is 10.0. The first-order valence-corrected chi connectivity index (χ1v) is 7.73. The Labute approximate surface area is 123 Å². The molecule has 0 spiro atoms. The molecule has 1 heterocycles. The molecule has 2 rings (SSSR count). The number of nitrogens with zero attached hydrogens (tertiary/aromatic N) is 1. The van der Waals surface area contributed by atoms with E-state index in [0.29, 0.717) is 4.47 Å². The van der Waals surface area contributed by atoms with Crippen LogP contribution < -0.4 is 4.72 Å². The summed E-state index contributed by atoms with van der Waals surface area (Å²) < 4.78 is 40.5. The maximum Gasteiger partial charge on any atom is 0.263 e. The van der Waals surface area contributed by atoms with Gasteiger partial charge in [-0.25, -0.2) is 17.8 Å². The van der Waals surface area contributed by atoms with Gasteiger partial charge in [-0.1, -0.05) is 6.07 Å². The highest BCUT2D eigenvalue weighted by Crippen LogP contribution is 2.21. The number of sulfonamides is 1. The van der Waals surface area contributed by atoms with Gasteiger partial charge in [-0.2, -0.15) is 0 Å². The number of aliphatic hydroxyl groups excluding tert-OH is 1. The first-order valence-electron chi connectivity index (χ1n) is 5.46. The lowest BCUT2D eigenvalue weighted by atomic mass is 10.2. The van der Waals surface area contributed by atoms with E-state index in [1.807, 2.05) is 0 Å². The molecule has 0 aliphatic heterocycles. The van der Waals surface area contributed by atoms with E-state index in [4.69, 9.17) is 5.11 Å². The molecule has 0 saturated carbocycles. The molecular weight excluding hydrogens is 351 g/mol. The van der Waals surface area contributed by atoms with E-state index in [1.54, 1.807) is 6.07 Å². The zero-order valence-corrected chi connectivity index (χ0v) is 12.4. The molecule has 8 heteroatoms. The quantitative estimate of drug-likeness (QED) is 0.876. The van der Waals surface area contributed by atoms with Crippen LogP contribution in [0.5, 0.6) is 0 Å². The van der Waals surface area contributed by atoms with Crippen molar-refractivity contribution in [3.05, 3.63) is 52.4 Å². The van der Waals surface area contributed by atoms with Crippen molar-refractivity contribution in [1.29, 1.82) is 0 Å². The Hall–Kier alpha value is -1.51. The Balaban J connectivity index is 2.40. The number of rotatable bonds is 4. The molecule has 0 fully saturated rings. The van der Waals surface area contributed by atoms with Crippen LogP contribution in [0.4, 0.5) is 10.2 Å². The minimum atomic E-state index is -4.02. The second kappa shape index (κ2) is 5.86. The van der Waals surface area contributed by atoms with E-state index in [1.165, 1.54) is 18.3 Å². The fraction of sp³-hybridized carbons (Fsp3) is 0.0833. The fourth-order valence-corrected chi connectivity index (χ4v) is 3.02. The number of anilines is 1. The Kier molecular flexibility index (Phi) is 4.36. The van der Waals surface area contributed by atoms with Crippen molar-refractivity contribution in [2.75, 3.05) is 4.72 Å². The molecule has 0 saturated heterocycles. The monoisotopic (exact) mass is 360 g/mol. The lowest BCUT2D eigenvalue weighted by Gasteiger charge is -2.10. The molecule has 20 heavy (non-hydrogen) atoms. The highest BCUT2D eigenvalue weighted by atomic mass is 79.9. The summed E-state index contributed by atoms with van der Waals surface area (Å²) in [6, 6.07) is 6.23. The van der Waals surface area contributed by atoms with Crippen LogP contribution >= 0.6 is 15.9 Å². The van der Waals surface area contributed by atoms with Crippen LogP contribution in [-0.2, 0) is 16.6 Å². The van der Waals surface area contributed by atoms with E-state index in [-0.39, 0.29) is 16.3 Å². The number of benzene rings is 1. The van der Waals surface area contributed by atoms with Gasteiger partial charge < -0.3 is 5.11 Å². The van der Waals surface area contributed by atoms with Crippen LogP contribution in [0.25, 0.3) is 0 Å². The summed E-state index contributed by atoms with van der Waals surface area (Å²) in [7, 11) is -4.02. The van der Waals surface area contributed by atoms with Gasteiger partial charge in [0.1, 0.15) is 11.6 Å². The van der Waals surface area contributed by atoms with E-state index in [9.17, 15) is 12.8 Å². The summed E-state index contributed by atoms with van der Waals surface area (Å²) in [5, 5.41) is 9.14. The molecule has 2 N–H and O–H groups in total. The standard InChI is InChI=1S/C12H10BrFN2O3S/c13-9-2-4-12(15-6-9)16-20(18,19)11-5-10(14)3-1-8(11)7-17/h1-6,17H,7H2,(H,15,16). The SMILES string of the molecule is O=S(=O)(Nc1ccc(Br)cn1)c1cc(F)ccc1CO. The predicted molar refractivity (Wildman–Crippen MR) is 75.1 cm³/mol. The Morgan fingerprint density at radius 2 is 2.05 bits per heavy atom. The molecule has 0 radical (unpaired) electrons. The number of aliphatic hydroxyl groups is 1. The minimum absolute atomic E-state index is 0.0985. The van der Waals surface area contributed by atoms with Gasteiger partial charge in [0.05, 0.1) is 11.5 Å². The van der Waals surface area contributed by atoms with Crippen molar-refractivity contribution in [2.45, 2.75) is 11.5 Å². The highest BCUT2D eigenvalue weighted by molar-refractivity contribution is 9.10. The number of nitrogens with one attached hydrogen (secondary N) is 1. The van der Waals surface area contributed by atoms with Crippen LogP contribution in [-0.4, -0.2) is 18.5 Å². The zero-order chi connectivity index (χ0) is 14.8. The lowest BCUT2D eigenvalue weighted by molar-refractivity contribution is 0.278. The molecule has 0 atom stereocenters. The summed E-state index contributed by atoms with van der Waals surface area (Å²) in [5.74, 6) is -0.604. The Morgan fingerprint density at radius 1 is 1.30 bits per heavy atom. The second-order valence-electron chi connectivity index (χ2n) is 3.88. The van der Waals surface area contributed by atoms with Gasteiger partial charge in [0.2, 0.25) is 0 Å². The number of hydrogen-bond acceptors (Lipinski definition) is 4. The van der Waals surface area contributed by atoms with Crippen LogP contribution in [0.2, 0.25) is 0 Å². The molecular formula is C12H10BrFN2O3S. The van der Waals surface area contributed by atoms with Crippen molar-refractivity contribution >= 4 is 31.8 Å². The third kappa shape index (κ3) is 3.33. The molecule has 1 aromatic heterocycles. The molecule has 1 aromatic carbocycles. The largest absolute Gasteiger partial charge is 0.392 e. The maximum absolute atomic E-state index is 13.2. The molecule has 0 unspecified atom stereocenters. The van der Waals surface area contributed by atoms with Crippen molar-refractivity contribution < 1.29 is 17.9 Å². The Morgan fingerprint density at radius 3 is 2.65 bits per heavy atom. The van der Waals surface area contributed by atoms with Gasteiger partial charge >= 0.3 is 0 Å². The molecule has 0 aliphatic carbocycles. The second-order valence-corrected chi connectivity index (χ2v) is 6.44. The summed E-state index contributed by atoms with van der Waals surface area (Å²) in [4.78, 5) is 3.56. The number of halogens is 2. The van der Waals surface area contributed by atoms with E-state index < -0.39 is 22.4 Å². The van der Waals surface area contributed by atoms with Gasteiger partial charge in [-0.15, -0.1) is 0 Å². The normalized spacial score (nSPS) is 11.3. The fourth-order valence-electron chi connectivity index (χ4n) is 1.54. The third-order valence-electron chi connectivity index (χ3n) is 2.46. The minimum Gasteiger partial charge on any atom is -0.392 e. The summed E-state index contributed by atoms with van der Waals surface area (Å²) in [5.41, 5.74) is 0.107. The number of aromatic nitrogens is 1. The number of pyridine rings is 1.